The minimum Gasteiger partial charge on any atom is -0.508 e. The topological polar surface area (TPSA) is 30.0 Å². The quantitative estimate of drug-likeness (QED) is 0.297. The van der Waals surface area contributed by atoms with Crippen LogP contribution in [0.4, 0.5) is 23.2 Å². The van der Waals surface area contributed by atoms with Crippen molar-refractivity contribution in [2.75, 3.05) is 50.7 Å². The van der Waals surface area contributed by atoms with Crippen molar-refractivity contribution in [1.29, 1.82) is 0 Å². The molecule has 2 saturated heterocycles. The summed E-state index contributed by atoms with van der Waals surface area (Å²) < 4.78 is 58.5. The van der Waals surface area contributed by atoms with Gasteiger partial charge in [-0.3, -0.25) is 9.80 Å². The minimum absolute atomic E-state index is 0.0467. The van der Waals surface area contributed by atoms with E-state index in [1.165, 1.54) is 41.5 Å². The largest absolute Gasteiger partial charge is 0.508 e. The highest BCUT2D eigenvalue weighted by Gasteiger charge is 2.37. The zero-order valence-corrected chi connectivity index (χ0v) is 23.9. The van der Waals surface area contributed by atoms with Crippen molar-refractivity contribution in [3.63, 3.8) is 0 Å². The Labute approximate surface area is 240 Å². The Morgan fingerprint density at radius 2 is 1.66 bits per heavy atom. The Morgan fingerprint density at radius 3 is 2.27 bits per heavy atom. The molecule has 1 spiro atoms. The zero-order chi connectivity index (χ0) is 29.1. The number of nitrogens with zero attached hydrogens (tertiary/aromatic N) is 3. The lowest BCUT2D eigenvalue weighted by Gasteiger charge is -2.44. The summed E-state index contributed by atoms with van der Waals surface area (Å²) >= 11 is 0. The van der Waals surface area contributed by atoms with Crippen LogP contribution in [0.3, 0.4) is 0 Å². The Balaban J connectivity index is 1.31. The van der Waals surface area contributed by atoms with E-state index in [0.717, 1.165) is 64.0 Å². The number of fused-ring (bicyclic) bond motifs is 1. The van der Waals surface area contributed by atoms with E-state index in [0.29, 0.717) is 23.1 Å². The highest BCUT2D eigenvalue weighted by molar-refractivity contribution is 5.52. The fourth-order valence-corrected chi connectivity index (χ4v) is 7.25. The van der Waals surface area contributed by atoms with Crippen LogP contribution >= 0.6 is 0 Å². The molecule has 3 aliphatic heterocycles. The molecule has 1 N–H and O–H groups in total. The first-order valence-corrected chi connectivity index (χ1v) is 14.8. The lowest BCUT2D eigenvalue weighted by Crippen LogP contribution is -2.42. The summed E-state index contributed by atoms with van der Waals surface area (Å²) in [6.45, 7) is 10.00. The van der Waals surface area contributed by atoms with Crippen LogP contribution in [0.1, 0.15) is 68.2 Å². The van der Waals surface area contributed by atoms with Gasteiger partial charge in [0.25, 0.3) is 6.43 Å². The lowest BCUT2D eigenvalue weighted by molar-refractivity contribution is 0.0686. The van der Waals surface area contributed by atoms with Gasteiger partial charge in [0.2, 0.25) is 0 Å². The number of piperidine rings is 1. The number of hydrogen-bond acceptors (Lipinski definition) is 4. The predicted octanol–water partition coefficient (Wildman–Crippen LogP) is 7.08. The number of rotatable bonds is 6. The highest BCUT2D eigenvalue weighted by atomic mass is 19.3. The van der Waals surface area contributed by atoms with Crippen LogP contribution in [-0.4, -0.2) is 67.1 Å². The van der Waals surface area contributed by atoms with E-state index in [4.69, 9.17) is 0 Å². The number of aromatic hydroxyl groups is 1. The molecule has 222 valence electrons. The SMILES string of the molecule is C=C=C(C)CN1CCC2(CCCN(c3cc(F)c(C4c5ccc(O)cc5CCN4CC(F)F)c(F)c3)CCC2)CC1. The maximum Gasteiger partial charge on any atom is 0.251 e. The zero-order valence-electron chi connectivity index (χ0n) is 23.9. The first-order chi connectivity index (χ1) is 19.7. The predicted molar refractivity (Wildman–Crippen MR) is 155 cm³/mol. The van der Waals surface area contributed by atoms with E-state index in [9.17, 15) is 13.9 Å². The van der Waals surface area contributed by atoms with Gasteiger partial charge >= 0.3 is 0 Å². The molecule has 41 heavy (non-hydrogen) atoms. The summed E-state index contributed by atoms with van der Waals surface area (Å²) in [4.78, 5) is 5.99. The molecule has 2 fully saturated rings. The standard InChI is InChI=1S/C33H41F4N3O/c1-3-23(2)21-38-16-11-33(12-17-38)9-4-13-39(14-5-10-33)25-19-28(34)31(29(35)20-25)32-27-7-6-26(41)18-24(27)8-15-40(32)22-30(36)37/h6-7,18-20,30,32,41H,1,4-5,8-17,21-22H2,2H3. The van der Waals surface area contributed by atoms with Gasteiger partial charge in [-0.1, -0.05) is 12.6 Å². The molecular formula is C33H41F4N3O. The van der Waals surface area contributed by atoms with E-state index in [-0.39, 0.29) is 17.9 Å². The summed E-state index contributed by atoms with van der Waals surface area (Å²) in [7, 11) is 0. The first-order valence-electron chi connectivity index (χ1n) is 14.8. The van der Waals surface area contributed by atoms with Crippen molar-refractivity contribution in [1.82, 2.24) is 9.80 Å². The average Bonchev–Trinajstić information content (AvgIpc) is 2.92. The molecular weight excluding hydrogens is 530 g/mol. The molecule has 2 aromatic rings. The van der Waals surface area contributed by atoms with E-state index >= 15 is 8.78 Å². The third-order valence-corrected chi connectivity index (χ3v) is 9.48. The van der Waals surface area contributed by atoms with Gasteiger partial charge in [0, 0.05) is 37.4 Å². The lowest BCUT2D eigenvalue weighted by atomic mass is 9.71. The molecule has 2 aromatic carbocycles. The van der Waals surface area contributed by atoms with Crippen LogP contribution in [0.5, 0.6) is 5.75 Å². The van der Waals surface area contributed by atoms with Crippen molar-refractivity contribution in [3.05, 3.63) is 76.5 Å². The van der Waals surface area contributed by atoms with Crippen molar-refractivity contribution in [2.45, 2.75) is 64.3 Å². The fourth-order valence-electron chi connectivity index (χ4n) is 7.25. The number of phenolic OH excluding ortho intramolecular Hbond substituents is 1. The second-order valence-corrected chi connectivity index (χ2v) is 12.2. The number of halogens is 4. The van der Waals surface area contributed by atoms with Crippen LogP contribution < -0.4 is 4.90 Å². The smallest absolute Gasteiger partial charge is 0.251 e. The number of alkyl halides is 2. The van der Waals surface area contributed by atoms with Gasteiger partial charge in [0.1, 0.15) is 17.4 Å². The van der Waals surface area contributed by atoms with Crippen LogP contribution in [0.2, 0.25) is 0 Å². The summed E-state index contributed by atoms with van der Waals surface area (Å²) in [6.07, 6.45) is 4.25. The maximum atomic E-state index is 15.8. The minimum atomic E-state index is -2.63. The van der Waals surface area contributed by atoms with E-state index in [1.807, 2.05) is 0 Å². The van der Waals surface area contributed by atoms with Crippen LogP contribution in [0.25, 0.3) is 0 Å². The van der Waals surface area contributed by atoms with Crippen molar-refractivity contribution < 1.29 is 22.7 Å². The Bertz CT molecular complexity index is 1250. The van der Waals surface area contributed by atoms with E-state index < -0.39 is 30.6 Å². The molecule has 0 aromatic heterocycles. The second kappa shape index (κ2) is 12.6. The summed E-state index contributed by atoms with van der Waals surface area (Å²) in [5.74, 6) is -1.40. The van der Waals surface area contributed by atoms with E-state index in [2.05, 4.69) is 29.0 Å². The van der Waals surface area contributed by atoms with Gasteiger partial charge in [-0.05, 0) is 111 Å². The monoisotopic (exact) mass is 571 g/mol. The molecule has 0 radical (unpaired) electrons. The number of likely N-dealkylation sites (tertiary alicyclic amines) is 1. The molecule has 0 aliphatic carbocycles. The molecule has 3 aliphatic rings. The van der Waals surface area contributed by atoms with Gasteiger partial charge < -0.3 is 10.0 Å². The molecule has 0 bridgehead atoms. The van der Waals surface area contributed by atoms with Gasteiger partial charge in [-0.2, -0.15) is 0 Å². The summed E-state index contributed by atoms with van der Waals surface area (Å²) in [5, 5.41) is 9.93. The molecule has 0 saturated carbocycles. The third-order valence-electron chi connectivity index (χ3n) is 9.48. The molecule has 4 nitrogen and oxygen atoms in total. The van der Waals surface area contributed by atoms with Gasteiger partial charge in [0.05, 0.1) is 12.6 Å². The number of anilines is 1. The summed E-state index contributed by atoms with van der Waals surface area (Å²) in [6, 6.07) is 6.36. The Kier molecular flexibility index (Phi) is 9.12. The maximum absolute atomic E-state index is 15.8. The highest BCUT2D eigenvalue weighted by Crippen LogP contribution is 2.43. The van der Waals surface area contributed by atoms with Gasteiger partial charge in [0.15, 0.2) is 0 Å². The average molecular weight is 572 g/mol. The molecule has 1 atom stereocenters. The van der Waals surface area contributed by atoms with E-state index in [1.54, 1.807) is 12.1 Å². The Hall–Kier alpha value is -2.80. The summed E-state index contributed by atoms with van der Waals surface area (Å²) in [5.41, 5.74) is 6.08. The Morgan fingerprint density at radius 1 is 1.00 bits per heavy atom. The molecule has 3 heterocycles. The normalized spacial score (nSPS) is 21.8. The van der Waals surface area contributed by atoms with Gasteiger partial charge in [-0.15, -0.1) is 5.73 Å². The van der Waals surface area contributed by atoms with Crippen LogP contribution in [-0.2, 0) is 6.42 Å². The van der Waals surface area contributed by atoms with Gasteiger partial charge in [-0.25, -0.2) is 17.6 Å². The van der Waals surface area contributed by atoms with Crippen molar-refractivity contribution in [2.24, 2.45) is 5.41 Å². The van der Waals surface area contributed by atoms with Crippen molar-refractivity contribution in [3.8, 4) is 5.75 Å². The second-order valence-electron chi connectivity index (χ2n) is 12.2. The molecule has 5 rings (SSSR count). The molecule has 1 unspecified atom stereocenters. The van der Waals surface area contributed by atoms with Crippen LogP contribution in [0, 0.1) is 17.0 Å². The fraction of sp³-hybridized carbons (Fsp3) is 0.545. The molecule has 8 heteroatoms. The van der Waals surface area contributed by atoms with Crippen molar-refractivity contribution >= 4 is 5.69 Å². The first kappa shape index (κ1) is 29.7. The number of benzene rings is 2. The third kappa shape index (κ3) is 6.66. The molecule has 0 amide bonds. The number of hydrogen-bond donors (Lipinski definition) is 1. The van der Waals surface area contributed by atoms with Crippen LogP contribution in [0.15, 0.2) is 48.2 Å². The number of phenols is 1.